The molecule has 0 aliphatic carbocycles. The molecule has 0 aliphatic heterocycles. The van der Waals surface area contributed by atoms with Crippen molar-refractivity contribution in [3.8, 4) is 6.19 Å². The maximum atomic E-state index is 11.7. The van der Waals surface area contributed by atoms with E-state index >= 15 is 0 Å². The maximum absolute atomic E-state index is 11.7. The summed E-state index contributed by atoms with van der Waals surface area (Å²) < 4.78 is 13.0. The summed E-state index contributed by atoms with van der Waals surface area (Å²) in [7, 11) is -1.41. The van der Waals surface area contributed by atoms with E-state index in [1.54, 1.807) is 23.8 Å². The Balaban J connectivity index is 2.41. The van der Waals surface area contributed by atoms with Crippen molar-refractivity contribution in [3.63, 3.8) is 0 Å². The Morgan fingerprint density at radius 1 is 1.55 bits per heavy atom. The molecular weight excluding hydrogens is 316 g/mol. The Morgan fingerprint density at radius 3 is 2.85 bits per heavy atom. The second-order valence-corrected chi connectivity index (χ2v) is 6.31. The van der Waals surface area contributed by atoms with Gasteiger partial charge in [0.25, 0.3) is 0 Å². The van der Waals surface area contributed by atoms with Gasteiger partial charge in [-0.15, -0.1) is 22.3 Å². The van der Waals surface area contributed by atoms with E-state index in [4.69, 9.17) is 11.6 Å². The molecule has 0 N–H and O–H groups in total. The number of nitriles is 1. The number of halogens is 1. The van der Waals surface area contributed by atoms with Crippen LogP contribution in [0.25, 0.3) is 0 Å². The standard InChI is InChI=1S/C12H11ClN4OS2/c1-20(18)17(7-14)11(4-10-6-19-8-16-10)9-2-3-12(13)15-5-9/h2-3,5-6,8,11H,4H2,1H3. The first-order valence-corrected chi connectivity index (χ1v) is 8.46. The Hall–Kier alpha value is -1.33. The normalized spacial score (nSPS) is 14.4. The highest BCUT2D eigenvalue weighted by molar-refractivity contribution is 7.78. The van der Waals surface area contributed by atoms with Crippen molar-refractivity contribution in [1.29, 1.82) is 5.26 Å². The van der Waals surface area contributed by atoms with Crippen LogP contribution in [0.1, 0.15) is 17.3 Å². The molecular formula is C12H11ClN4OS2. The minimum atomic E-state index is -1.41. The van der Waals surface area contributed by atoms with Crippen molar-refractivity contribution in [2.45, 2.75) is 12.5 Å². The molecule has 2 rings (SSSR count). The Kier molecular flexibility index (Phi) is 5.20. The molecule has 2 heterocycles. The predicted octanol–water partition coefficient (Wildman–Crippen LogP) is 2.53. The molecule has 0 saturated heterocycles. The monoisotopic (exact) mass is 326 g/mol. The third-order valence-electron chi connectivity index (χ3n) is 2.68. The van der Waals surface area contributed by atoms with Crippen molar-refractivity contribution < 1.29 is 8.50 Å². The van der Waals surface area contributed by atoms with E-state index < -0.39 is 11.0 Å². The van der Waals surface area contributed by atoms with Crippen LogP contribution in [0.2, 0.25) is 5.15 Å². The quantitative estimate of drug-likeness (QED) is 0.374. The summed E-state index contributed by atoms with van der Waals surface area (Å²) in [5, 5.41) is 11.5. The smallest absolute Gasteiger partial charge is 0.465 e. The number of pyridine rings is 1. The summed E-state index contributed by atoms with van der Waals surface area (Å²) in [6.07, 6.45) is 5.53. The highest BCUT2D eigenvalue weighted by atomic mass is 35.5. The third-order valence-corrected chi connectivity index (χ3v) is 4.43. The fourth-order valence-corrected chi connectivity index (χ4v) is 3.12. The molecule has 2 aromatic rings. The van der Waals surface area contributed by atoms with Gasteiger partial charge in [-0.05, 0) is 12.3 Å². The van der Waals surface area contributed by atoms with Crippen molar-refractivity contribution in [2.24, 2.45) is 0 Å². The van der Waals surface area contributed by atoms with Gasteiger partial charge in [0.15, 0.2) is 5.26 Å². The molecule has 5 nitrogen and oxygen atoms in total. The maximum Gasteiger partial charge on any atom is 0.465 e. The minimum absolute atomic E-state index is 0.377. The topological polar surface area (TPSA) is 75.6 Å². The fraction of sp³-hybridized carbons (Fsp3) is 0.250. The lowest BCUT2D eigenvalue weighted by Crippen LogP contribution is -2.20. The fourth-order valence-electron chi connectivity index (χ4n) is 1.76. The van der Waals surface area contributed by atoms with E-state index in [1.165, 1.54) is 21.5 Å². The van der Waals surface area contributed by atoms with Crippen LogP contribution in [-0.2, 0) is 17.4 Å². The van der Waals surface area contributed by atoms with Crippen molar-refractivity contribution >= 4 is 33.9 Å². The summed E-state index contributed by atoms with van der Waals surface area (Å²) in [6.45, 7) is 0. The Bertz CT molecular complexity index is 645. The first-order chi connectivity index (χ1) is 9.61. The lowest BCUT2D eigenvalue weighted by atomic mass is 10.0. The molecule has 0 saturated carbocycles. The van der Waals surface area contributed by atoms with E-state index in [9.17, 15) is 9.81 Å². The summed E-state index contributed by atoms with van der Waals surface area (Å²) in [6, 6.07) is 3.06. The lowest BCUT2D eigenvalue weighted by molar-refractivity contribution is -0.468. The molecule has 104 valence electrons. The largest absolute Gasteiger partial charge is 0.772 e. The van der Waals surface area contributed by atoms with Crippen LogP contribution in [-0.4, -0.2) is 24.7 Å². The van der Waals surface area contributed by atoms with Crippen LogP contribution in [0.15, 0.2) is 29.2 Å². The first kappa shape index (κ1) is 15.1. The number of thiazole rings is 1. The second-order valence-electron chi connectivity index (χ2n) is 3.96. The molecule has 2 aromatic heterocycles. The predicted molar refractivity (Wildman–Crippen MR) is 77.7 cm³/mol. The molecule has 0 fully saturated rings. The van der Waals surface area contributed by atoms with E-state index in [1.807, 2.05) is 11.6 Å². The van der Waals surface area contributed by atoms with Gasteiger partial charge in [0.05, 0.1) is 11.2 Å². The average Bonchev–Trinajstić information content (AvgIpc) is 2.92. The zero-order valence-electron chi connectivity index (χ0n) is 10.6. The van der Waals surface area contributed by atoms with Gasteiger partial charge < -0.3 is 4.55 Å². The van der Waals surface area contributed by atoms with Crippen molar-refractivity contribution in [1.82, 2.24) is 9.97 Å². The molecule has 0 aromatic carbocycles. The molecule has 0 amide bonds. The van der Waals surface area contributed by atoms with Crippen LogP contribution >= 0.6 is 22.9 Å². The molecule has 0 bridgehead atoms. The summed E-state index contributed by atoms with van der Waals surface area (Å²) >= 11 is 7.26. The second kappa shape index (κ2) is 6.90. The molecule has 0 spiro atoms. The number of hydrogen-bond donors (Lipinski definition) is 0. The zero-order chi connectivity index (χ0) is 14.5. The molecule has 2 atom stereocenters. The van der Waals surface area contributed by atoms with Crippen molar-refractivity contribution in [3.05, 3.63) is 45.6 Å². The van der Waals surface area contributed by atoms with Gasteiger partial charge in [0, 0.05) is 23.6 Å². The molecule has 8 heteroatoms. The molecule has 0 aliphatic rings. The van der Waals surface area contributed by atoms with Crippen LogP contribution in [0.5, 0.6) is 0 Å². The number of nitrogens with zero attached hydrogens (tertiary/aromatic N) is 4. The van der Waals surface area contributed by atoms with Crippen molar-refractivity contribution in [2.75, 3.05) is 6.26 Å². The van der Waals surface area contributed by atoms with E-state index in [-0.39, 0.29) is 6.04 Å². The number of aromatic nitrogens is 2. The summed E-state index contributed by atoms with van der Waals surface area (Å²) in [5.41, 5.74) is 3.35. The average molecular weight is 327 g/mol. The molecule has 0 radical (unpaired) electrons. The molecule has 2 unspecified atom stereocenters. The highest BCUT2D eigenvalue weighted by Gasteiger charge is 2.22. The van der Waals surface area contributed by atoms with Crippen LogP contribution in [0.4, 0.5) is 0 Å². The first-order valence-electron chi connectivity index (χ1n) is 5.63. The Morgan fingerprint density at radius 2 is 2.35 bits per heavy atom. The van der Waals surface area contributed by atoms with Gasteiger partial charge in [0.2, 0.25) is 0 Å². The van der Waals surface area contributed by atoms with E-state index in [0.717, 1.165) is 11.3 Å². The SMILES string of the molecule is CS([O-])=[N+](C#N)C(Cc1cscn1)c1ccc(Cl)nc1. The Labute approximate surface area is 128 Å². The summed E-state index contributed by atoms with van der Waals surface area (Å²) in [4.78, 5) is 8.23. The minimum Gasteiger partial charge on any atom is -0.772 e. The van der Waals surface area contributed by atoms with Gasteiger partial charge in [-0.3, -0.25) is 0 Å². The van der Waals surface area contributed by atoms with Gasteiger partial charge in [-0.25, -0.2) is 9.97 Å². The van der Waals surface area contributed by atoms with Gasteiger partial charge in [0.1, 0.15) is 11.2 Å². The van der Waals surface area contributed by atoms with Gasteiger partial charge >= 0.3 is 6.19 Å². The molecule has 20 heavy (non-hydrogen) atoms. The summed E-state index contributed by atoms with van der Waals surface area (Å²) in [5.74, 6) is 0. The van der Waals surface area contributed by atoms with E-state index in [2.05, 4.69) is 9.97 Å². The number of hydrogen-bond acceptors (Lipinski definition) is 5. The lowest BCUT2D eigenvalue weighted by Gasteiger charge is -2.17. The van der Waals surface area contributed by atoms with Gasteiger partial charge in [-0.2, -0.15) is 3.95 Å². The highest BCUT2D eigenvalue weighted by Crippen LogP contribution is 2.23. The van der Waals surface area contributed by atoms with Crippen LogP contribution in [0, 0.1) is 11.5 Å². The third kappa shape index (κ3) is 3.61. The van der Waals surface area contributed by atoms with E-state index in [0.29, 0.717) is 11.6 Å². The van der Waals surface area contributed by atoms with Gasteiger partial charge in [-0.1, -0.05) is 17.7 Å². The van der Waals surface area contributed by atoms with Crippen LogP contribution in [0.3, 0.4) is 0 Å². The zero-order valence-corrected chi connectivity index (χ0v) is 13.0. The number of rotatable bonds is 4. The van der Waals surface area contributed by atoms with Crippen LogP contribution < -0.4 is 0 Å².